The molecular weight excluding hydrogens is 164 g/mol. The molecule has 1 N–H and O–H groups in total. The van der Waals surface area contributed by atoms with Crippen molar-refractivity contribution in [3.05, 3.63) is 0 Å². The molecule has 0 aliphatic carbocycles. The first kappa shape index (κ1) is 9.44. The van der Waals surface area contributed by atoms with E-state index in [1.807, 2.05) is 0 Å². The molecule has 0 radical (unpaired) electrons. The van der Waals surface area contributed by atoms with E-state index in [1.165, 1.54) is 25.9 Å². The molecule has 2 saturated heterocycles. The van der Waals surface area contributed by atoms with Gasteiger partial charge in [-0.05, 0) is 33.4 Å². The molecule has 13 heavy (non-hydrogen) atoms. The van der Waals surface area contributed by atoms with Crippen molar-refractivity contribution >= 4 is 0 Å². The maximum Gasteiger partial charge on any atom is 0.0702 e. The zero-order valence-electron chi connectivity index (χ0n) is 8.62. The van der Waals surface area contributed by atoms with Crippen LogP contribution in [0.15, 0.2) is 0 Å². The van der Waals surface area contributed by atoms with Crippen molar-refractivity contribution in [1.82, 2.24) is 10.2 Å². The SMILES string of the molecule is CC1OCCC1N(C)CC1CCN1. The molecule has 3 unspecified atom stereocenters. The maximum absolute atomic E-state index is 5.56. The molecule has 2 aliphatic heterocycles. The molecule has 0 aromatic rings. The van der Waals surface area contributed by atoms with E-state index in [9.17, 15) is 0 Å². The number of hydrogen-bond donors (Lipinski definition) is 1. The molecular formula is C10H20N2O. The molecule has 2 rings (SSSR count). The van der Waals surface area contributed by atoms with E-state index in [-0.39, 0.29) is 0 Å². The molecule has 2 fully saturated rings. The Bertz CT molecular complexity index is 170. The highest BCUT2D eigenvalue weighted by atomic mass is 16.5. The van der Waals surface area contributed by atoms with Crippen LogP contribution in [0.1, 0.15) is 19.8 Å². The van der Waals surface area contributed by atoms with Gasteiger partial charge in [0, 0.05) is 25.2 Å². The average molecular weight is 184 g/mol. The van der Waals surface area contributed by atoms with Gasteiger partial charge in [-0.2, -0.15) is 0 Å². The zero-order chi connectivity index (χ0) is 9.26. The van der Waals surface area contributed by atoms with Gasteiger partial charge in [-0.15, -0.1) is 0 Å². The molecule has 0 spiro atoms. The second kappa shape index (κ2) is 3.95. The highest BCUT2D eigenvalue weighted by Gasteiger charge is 2.29. The van der Waals surface area contributed by atoms with Gasteiger partial charge < -0.3 is 10.1 Å². The van der Waals surface area contributed by atoms with Crippen LogP contribution in [-0.2, 0) is 4.74 Å². The summed E-state index contributed by atoms with van der Waals surface area (Å²) < 4.78 is 5.56. The first-order valence-corrected chi connectivity index (χ1v) is 5.32. The van der Waals surface area contributed by atoms with Crippen molar-refractivity contribution in [2.24, 2.45) is 0 Å². The minimum absolute atomic E-state index is 0.421. The van der Waals surface area contributed by atoms with Crippen LogP contribution in [0.3, 0.4) is 0 Å². The van der Waals surface area contributed by atoms with Crippen LogP contribution in [-0.4, -0.2) is 49.8 Å². The third-order valence-corrected chi connectivity index (χ3v) is 3.34. The summed E-state index contributed by atoms with van der Waals surface area (Å²) in [5.74, 6) is 0. The van der Waals surface area contributed by atoms with E-state index in [0.29, 0.717) is 12.1 Å². The first-order chi connectivity index (χ1) is 6.27. The molecule has 2 aliphatic rings. The number of nitrogens with zero attached hydrogens (tertiary/aromatic N) is 1. The summed E-state index contributed by atoms with van der Waals surface area (Å²) in [5, 5.41) is 3.43. The minimum Gasteiger partial charge on any atom is -0.377 e. The molecule has 3 heteroatoms. The van der Waals surface area contributed by atoms with E-state index in [1.54, 1.807) is 0 Å². The van der Waals surface area contributed by atoms with Crippen LogP contribution in [0.2, 0.25) is 0 Å². The molecule has 76 valence electrons. The highest BCUT2D eigenvalue weighted by Crippen LogP contribution is 2.19. The fourth-order valence-electron chi connectivity index (χ4n) is 2.29. The van der Waals surface area contributed by atoms with Crippen molar-refractivity contribution in [1.29, 1.82) is 0 Å². The van der Waals surface area contributed by atoms with Gasteiger partial charge in [-0.25, -0.2) is 0 Å². The largest absolute Gasteiger partial charge is 0.377 e. The Morgan fingerprint density at radius 2 is 2.23 bits per heavy atom. The summed E-state index contributed by atoms with van der Waals surface area (Å²) in [6, 6.07) is 1.38. The van der Waals surface area contributed by atoms with E-state index in [4.69, 9.17) is 4.74 Å². The molecule has 0 aromatic heterocycles. The lowest BCUT2D eigenvalue weighted by Gasteiger charge is -2.35. The Morgan fingerprint density at radius 3 is 2.69 bits per heavy atom. The lowest BCUT2D eigenvalue weighted by molar-refractivity contribution is 0.0769. The monoisotopic (exact) mass is 184 g/mol. The lowest BCUT2D eigenvalue weighted by atomic mass is 10.0. The predicted octanol–water partition coefficient (Wildman–Crippen LogP) is 0.457. The smallest absolute Gasteiger partial charge is 0.0702 e. The zero-order valence-corrected chi connectivity index (χ0v) is 8.62. The summed E-state index contributed by atoms with van der Waals surface area (Å²) in [7, 11) is 2.22. The summed E-state index contributed by atoms with van der Waals surface area (Å²) in [6.45, 7) is 5.50. The van der Waals surface area contributed by atoms with E-state index >= 15 is 0 Å². The maximum atomic E-state index is 5.56. The minimum atomic E-state index is 0.421. The van der Waals surface area contributed by atoms with Crippen molar-refractivity contribution < 1.29 is 4.74 Å². The fraction of sp³-hybridized carbons (Fsp3) is 1.00. The first-order valence-electron chi connectivity index (χ1n) is 5.32. The molecule has 2 heterocycles. The van der Waals surface area contributed by atoms with Crippen molar-refractivity contribution in [2.75, 3.05) is 26.7 Å². The summed E-state index contributed by atoms with van der Waals surface area (Å²) in [5.41, 5.74) is 0. The quantitative estimate of drug-likeness (QED) is 0.689. The van der Waals surface area contributed by atoms with Crippen LogP contribution in [0.25, 0.3) is 0 Å². The Hall–Kier alpha value is -0.120. The van der Waals surface area contributed by atoms with Gasteiger partial charge in [-0.3, -0.25) is 4.90 Å². The van der Waals surface area contributed by atoms with E-state index < -0.39 is 0 Å². The van der Waals surface area contributed by atoms with E-state index in [0.717, 1.165) is 12.6 Å². The lowest BCUT2D eigenvalue weighted by Crippen LogP contribution is -2.52. The summed E-state index contributed by atoms with van der Waals surface area (Å²) in [4.78, 5) is 2.45. The third kappa shape index (κ3) is 2.03. The Labute approximate surface area is 80.4 Å². The standard InChI is InChI=1S/C10H20N2O/c1-8-10(4-6-13-8)12(2)7-9-3-5-11-9/h8-11H,3-7H2,1-2H3. The van der Waals surface area contributed by atoms with Gasteiger partial charge in [-0.1, -0.05) is 0 Å². The molecule has 0 bridgehead atoms. The number of ether oxygens (including phenoxy) is 1. The molecule has 0 saturated carbocycles. The molecule has 3 nitrogen and oxygen atoms in total. The van der Waals surface area contributed by atoms with Crippen LogP contribution in [0.4, 0.5) is 0 Å². The third-order valence-electron chi connectivity index (χ3n) is 3.34. The fourth-order valence-corrected chi connectivity index (χ4v) is 2.29. The highest BCUT2D eigenvalue weighted by molar-refractivity contribution is 4.86. The van der Waals surface area contributed by atoms with Gasteiger partial charge in [0.2, 0.25) is 0 Å². The van der Waals surface area contributed by atoms with Crippen LogP contribution >= 0.6 is 0 Å². The topological polar surface area (TPSA) is 24.5 Å². The van der Waals surface area contributed by atoms with Crippen molar-refractivity contribution in [3.8, 4) is 0 Å². The van der Waals surface area contributed by atoms with Crippen LogP contribution in [0, 0.1) is 0 Å². The Kier molecular flexibility index (Phi) is 2.86. The van der Waals surface area contributed by atoms with Crippen LogP contribution < -0.4 is 5.32 Å². The Morgan fingerprint density at radius 1 is 1.46 bits per heavy atom. The van der Waals surface area contributed by atoms with Gasteiger partial charge in [0.25, 0.3) is 0 Å². The van der Waals surface area contributed by atoms with Crippen molar-refractivity contribution in [3.63, 3.8) is 0 Å². The number of rotatable bonds is 3. The second-order valence-corrected chi connectivity index (χ2v) is 4.31. The molecule has 0 amide bonds. The van der Waals surface area contributed by atoms with Gasteiger partial charge in [0.15, 0.2) is 0 Å². The van der Waals surface area contributed by atoms with Gasteiger partial charge in [0.05, 0.1) is 6.10 Å². The normalized spacial score (nSPS) is 39.5. The number of likely N-dealkylation sites (N-methyl/N-ethyl adjacent to an activating group) is 1. The molecule has 3 atom stereocenters. The second-order valence-electron chi connectivity index (χ2n) is 4.31. The van der Waals surface area contributed by atoms with Gasteiger partial charge >= 0.3 is 0 Å². The average Bonchev–Trinajstić information content (AvgIpc) is 2.43. The number of hydrogen-bond acceptors (Lipinski definition) is 3. The van der Waals surface area contributed by atoms with Crippen LogP contribution in [0.5, 0.6) is 0 Å². The predicted molar refractivity (Wildman–Crippen MR) is 52.9 cm³/mol. The number of nitrogens with one attached hydrogen (secondary N) is 1. The van der Waals surface area contributed by atoms with E-state index in [2.05, 4.69) is 24.2 Å². The van der Waals surface area contributed by atoms with Gasteiger partial charge in [0.1, 0.15) is 0 Å². The summed E-state index contributed by atoms with van der Waals surface area (Å²) in [6.07, 6.45) is 2.96. The Balaban J connectivity index is 1.77. The summed E-state index contributed by atoms with van der Waals surface area (Å²) >= 11 is 0. The van der Waals surface area contributed by atoms with Crippen molar-refractivity contribution in [2.45, 2.75) is 38.0 Å². The molecule has 0 aromatic carbocycles.